The fourth-order valence-corrected chi connectivity index (χ4v) is 2.99. The number of nitrogens with one attached hydrogen (secondary N) is 1. The second kappa shape index (κ2) is 6.62. The van der Waals surface area contributed by atoms with Gasteiger partial charge in [-0.1, -0.05) is 6.07 Å². The molecule has 1 aliphatic rings. The van der Waals surface area contributed by atoms with Gasteiger partial charge in [0.1, 0.15) is 6.61 Å². The van der Waals surface area contributed by atoms with Crippen molar-refractivity contribution in [3.63, 3.8) is 0 Å². The van der Waals surface area contributed by atoms with Crippen molar-refractivity contribution in [1.29, 1.82) is 0 Å². The molecule has 1 aliphatic heterocycles. The van der Waals surface area contributed by atoms with Crippen molar-refractivity contribution >= 4 is 29.0 Å². The highest BCUT2D eigenvalue weighted by Gasteiger charge is 2.23. The van der Waals surface area contributed by atoms with E-state index < -0.39 is 0 Å². The number of hydrogen-bond acceptors (Lipinski definition) is 4. The first kappa shape index (κ1) is 14.6. The second-order valence-corrected chi connectivity index (χ2v) is 5.93. The number of cyclic esters (lactones) is 1. The third-order valence-electron chi connectivity index (χ3n) is 3.44. The average molecular weight is 316 g/mol. The summed E-state index contributed by atoms with van der Waals surface area (Å²) in [5.74, 6) is -0.105. The molecule has 1 saturated heterocycles. The Labute approximate surface area is 132 Å². The Morgan fingerprint density at radius 3 is 2.73 bits per heavy atom. The van der Waals surface area contributed by atoms with Gasteiger partial charge in [0.25, 0.3) is 5.91 Å². The van der Waals surface area contributed by atoms with E-state index in [-0.39, 0.29) is 12.0 Å². The lowest BCUT2D eigenvalue weighted by molar-refractivity contribution is 0.0954. The molecule has 2 aromatic rings. The lowest BCUT2D eigenvalue weighted by Crippen LogP contribution is -2.26. The van der Waals surface area contributed by atoms with Crippen molar-refractivity contribution in [2.24, 2.45) is 0 Å². The number of rotatable bonds is 5. The fourth-order valence-electron chi connectivity index (χ4n) is 2.28. The summed E-state index contributed by atoms with van der Waals surface area (Å²) in [6.45, 7) is 1.56. The number of anilines is 1. The number of carbonyl (C=O) groups excluding carboxylic acids is 2. The van der Waals surface area contributed by atoms with Crippen molar-refractivity contribution in [2.45, 2.75) is 6.42 Å². The zero-order valence-corrected chi connectivity index (χ0v) is 12.8. The summed E-state index contributed by atoms with van der Waals surface area (Å²) in [6, 6.07) is 11.0. The predicted molar refractivity (Wildman–Crippen MR) is 85.5 cm³/mol. The third-order valence-corrected chi connectivity index (χ3v) is 4.38. The maximum absolute atomic E-state index is 12.1. The lowest BCUT2D eigenvalue weighted by Gasteiger charge is -2.13. The molecule has 0 unspecified atom stereocenters. The summed E-state index contributed by atoms with van der Waals surface area (Å²) in [4.78, 5) is 26.3. The molecule has 2 heterocycles. The van der Waals surface area contributed by atoms with Crippen molar-refractivity contribution in [3.05, 3.63) is 52.2 Å². The SMILES string of the molecule is O=C(NCCc1cccs1)c1ccc(N2CCOC2=O)cc1. The Morgan fingerprint density at radius 2 is 2.09 bits per heavy atom. The number of benzene rings is 1. The van der Waals surface area contributed by atoms with Crippen LogP contribution in [0.4, 0.5) is 10.5 Å². The van der Waals surface area contributed by atoms with Gasteiger partial charge in [-0.25, -0.2) is 4.79 Å². The van der Waals surface area contributed by atoms with Gasteiger partial charge in [-0.2, -0.15) is 0 Å². The number of hydrogen-bond donors (Lipinski definition) is 1. The van der Waals surface area contributed by atoms with E-state index in [0.717, 1.165) is 12.1 Å². The summed E-state index contributed by atoms with van der Waals surface area (Å²) in [5, 5.41) is 4.92. The highest BCUT2D eigenvalue weighted by molar-refractivity contribution is 7.09. The van der Waals surface area contributed by atoms with E-state index in [1.165, 1.54) is 4.88 Å². The Bertz CT molecular complexity index is 653. The molecule has 22 heavy (non-hydrogen) atoms. The second-order valence-electron chi connectivity index (χ2n) is 4.90. The van der Waals surface area contributed by atoms with Gasteiger partial charge >= 0.3 is 6.09 Å². The molecule has 1 N–H and O–H groups in total. The molecule has 0 atom stereocenters. The highest BCUT2D eigenvalue weighted by Crippen LogP contribution is 2.19. The first-order valence-electron chi connectivity index (χ1n) is 7.09. The highest BCUT2D eigenvalue weighted by atomic mass is 32.1. The van der Waals surface area contributed by atoms with Crippen molar-refractivity contribution in [1.82, 2.24) is 5.32 Å². The Hall–Kier alpha value is -2.34. The molecule has 0 radical (unpaired) electrons. The molecular weight excluding hydrogens is 300 g/mol. The van der Waals surface area contributed by atoms with Gasteiger partial charge in [-0.3, -0.25) is 9.69 Å². The number of nitrogens with zero attached hydrogens (tertiary/aromatic N) is 1. The van der Waals surface area contributed by atoms with Crippen LogP contribution in [0.1, 0.15) is 15.2 Å². The monoisotopic (exact) mass is 316 g/mol. The van der Waals surface area contributed by atoms with Gasteiger partial charge in [-0.05, 0) is 42.1 Å². The summed E-state index contributed by atoms with van der Waals surface area (Å²) >= 11 is 1.69. The molecule has 6 heteroatoms. The molecular formula is C16H16N2O3S. The van der Waals surface area contributed by atoms with E-state index in [9.17, 15) is 9.59 Å². The van der Waals surface area contributed by atoms with Gasteiger partial charge < -0.3 is 10.1 Å². The average Bonchev–Trinajstić information content (AvgIpc) is 3.19. The minimum atomic E-state index is -0.340. The molecule has 5 nitrogen and oxygen atoms in total. The summed E-state index contributed by atoms with van der Waals surface area (Å²) in [7, 11) is 0. The number of carbonyl (C=O) groups is 2. The molecule has 0 saturated carbocycles. The van der Waals surface area contributed by atoms with Crippen LogP contribution >= 0.6 is 11.3 Å². The smallest absolute Gasteiger partial charge is 0.414 e. The molecule has 1 fully saturated rings. The minimum Gasteiger partial charge on any atom is -0.447 e. The zero-order valence-electron chi connectivity index (χ0n) is 12.0. The number of ether oxygens (including phenoxy) is 1. The first-order valence-corrected chi connectivity index (χ1v) is 7.97. The van der Waals surface area contributed by atoms with Crippen LogP contribution in [0.5, 0.6) is 0 Å². The molecule has 114 valence electrons. The standard InChI is InChI=1S/C16H16N2O3S/c19-15(17-8-7-14-2-1-11-22-14)12-3-5-13(6-4-12)18-9-10-21-16(18)20/h1-6,11H,7-10H2,(H,17,19). The first-order chi connectivity index (χ1) is 10.7. The summed E-state index contributed by atoms with van der Waals surface area (Å²) < 4.78 is 4.89. The maximum Gasteiger partial charge on any atom is 0.414 e. The normalized spacial score (nSPS) is 14.0. The van der Waals surface area contributed by atoms with Crippen LogP contribution < -0.4 is 10.2 Å². The third kappa shape index (κ3) is 3.28. The van der Waals surface area contributed by atoms with Crippen molar-refractivity contribution in [3.8, 4) is 0 Å². The van der Waals surface area contributed by atoms with Crippen LogP contribution in [0.25, 0.3) is 0 Å². The number of amides is 2. The van der Waals surface area contributed by atoms with Gasteiger partial charge in [0, 0.05) is 22.7 Å². The van der Waals surface area contributed by atoms with Crippen LogP contribution in [0.2, 0.25) is 0 Å². The Kier molecular flexibility index (Phi) is 4.39. The molecule has 1 aromatic heterocycles. The van der Waals surface area contributed by atoms with E-state index in [4.69, 9.17) is 4.74 Å². The van der Waals surface area contributed by atoms with Gasteiger partial charge in [0.2, 0.25) is 0 Å². The van der Waals surface area contributed by atoms with Crippen LogP contribution in [-0.4, -0.2) is 31.7 Å². The van der Waals surface area contributed by atoms with Gasteiger partial charge in [-0.15, -0.1) is 11.3 Å². The minimum absolute atomic E-state index is 0.105. The van der Waals surface area contributed by atoms with Gasteiger partial charge in [0.05, 0.1) is 6.54 Å². The van der Waals surface area contributed by atoms with Crippen LogP contribution in [0.3, 0.4) is 0 Å². The molecule has 0 aliphatic carbocycles. The van der Waals surface area contributed by atoms with E-state index in [1.54, 1.807) is 40.5 Å². The largest absolute Gasteiger partial charge is 0.447 e. The molecule has 3 rings (SSSR count). The summed E-state index contributed by atoms with van der Waals surface area (Å²) in [6.07, 6.45) is 0.495. The van der Waals surface area contributed by atoms with E-state index in [0.29, 0.717) is 25.3 Å². The quantitative estimate of drug-likeness (QED) is 0.922. The number of thiophene rings is 1. The molecule has 2 amide bonds. The summed E-state index contributed by atoms with van der Waals surface area (Å²) in [5.41, 5.74) is 1.33. The molecule has 0 bridgehead atoms. The van der Waals surface area contributed by atoms with E-state index in [1.807, 2.05) is 11.4 Å². The topological polar surface area (TPSA) is 58.6 Å². The fraction of sp³-hybridized carbons (Fsp3) is 0.250. The van der Waals surface area contributed by atoms with Gasteiger partial charge in [0.15, 0.2) is 0 Å². The lowest BCUT2D eigenvalue weighted by atomic mass is 10.2. The van der Waals surface area contributed by atoms with E-state index in [2.05, 4.69) is 11.4 Å². The molecule has 0 spiro atoms. The Balaban J connectivity index is 1.55. The van der Waals surface area contributed by atoms with E-state index >= 15 is 0 Å². The van der Waals surface area contributed by atoms with Crippen molar-refractivity contribution in [2.75, 3.05) is 24.6 Å². The Morgan fingerprint density at radius 1 is 1.27 bits per heavy atom. The van der Waals surface area contributed by atoms with Crippen molar-refractivity contribution < 1.29 is 14.3 Å². The van der Waals surface area contributed by atoms with Crippen LogP contribution in [0, 0.1) is 0 Å². The maximum atomic E-state index is 12.1. The predicted octanol–water partition coefficient (Wildman–Crippen LogP) is 2.68. The van der Waals surface area contributed by atoms with Crippen LogP contribution in [-0.2, 0) is 11.2 Å². The van der Waals surface area contributed by atoms with Crippen LogP contribution in [0.15, 0.2) is 41.8 Å². The zero-order chi connectivity index (χ0) is 15.4. The molecule has 1 aromatic carbocycles.